The summed E-state index contributed by atoms with van der Waals surface area (Å²) in [6.45, 7) is 0. The molecule has 1 saturated heterocycles. The summed E-state index contributed by atoms with van der Waals surface area (Å²) >= 11 is 0. The van der Waals surface area contributed by atoms with Crippen LogP contribution in [0.2, 0.25) is 0 Å². The van der Waals surface area contributed by atoms with Gasteiger partial charge in [0.15, 0.2) is 0 Å². The van der Waals surface area contributed by atoms with Crippen LogP contribution < -0.4 is 10.6 Å². The second-order valence-corrected chi connectivity index (χ2v) is 8.61. The molecule has 1 amide bonds. The molecule has 0 saturated carbocycles. The number of hydrogen-bond acceptors (Lipinski definition) is 4. The van der Waals surface area contributed by atoms with Crippen molar-refractivity contribution in [2.45, 2.75) is 56.3 Å². The van der Waals surface area contributed by atoms with Crippen LogP contribution >= 0.6 is 0 Å². The SMILES string of the molecule is O=C(Nc1ccc(C[C@@H]2CC[C@H]([C@H](O)c3ccccc3)N2)cc1)C1CCc2ccnn21. The van der Waals surface area contributed by atoms with E-state index in [1.54, 1.807) is 6.20 Å². The van der Waals surface area contributed by atoms with Crippen molar-refractivity contribution in [3.63, 3.8) is 0 Å². The lowest BCUT2D eigenvalue weighted by Crippen LogP contribution is -2.35. The molecule has 2 aliphatic heterocycles. The topological polar surface area (TPSA) is 79.2 Å². The van der Waals surface area contributed by atoms with Crippen molar-refractivity contribution < 1.29 is 9.90 Å². The zero-order chi connectivity index (χ0) is 21.2. The fourth-order valence-corrected chi connectivity index (χ4v) is 4.85. The Bertz CT molecular complexity index is 1030. The van der Waals surface area contributed by atoms with Gasteiger partial charge in [-0.25, -0.2) is 0 Å². The first-order chi connectivity index (χ1) is 15.2. The number of rotatable bonds is 6. The first-order valence-electron chi connectivity index (χ1n) is 11.1. The molecule has 6 heteroatoms. The van der Waals surface area contributed by atoms with Crippen LogP contribution in [0.4, 0.5) is 5.69 Å². The van der Waals surface area contributed by atoms with E-state index in [-0.39, 0.29) is 18.0 Å². The molecule has 1 unspecified atom stereocenters. The van der Waals surface area contributed by atoms with Crippen molar-refractivity contribution in [1.29, 1.82) is 0 Å². The molecule has 3 heterocycles. The molecular weight excluding hydrogens is 388 g/mol. The van der Waals surface area contributed by atoms with Crippen molar-refractivity contribution in [2.24, 2.45) is 0 Å². The van der Waals surface area contributed by atoms with E-state index in [0.717, 1.165) is 49.0 Å². The van der Waals surface area contributed by atoms with Crippen molar-refractivity contribution >= 4 is 11.6 Å². The third kappa shape index (κ3) is 4.27. The number of carbonyl (C=O) groups is 1. The predicted octanol–water partition coefficient (Wildman–Crippen LogP) is 3.41. The van der Waals surface area contributed by atoms with Gasteiger partial charge in [0.25, 0.3) is 0 Å². The molecule has 31 heavy (non-hydrogen) atoms. The van der Waals surface area contributed by atoms with E-state index in [0.29, 0.717) is 6.04 Å². The number of nitrogens with one attached hydrogen (secondary N) is 2. The molecule has 2 aliphatic rings. The minimum Gasteiger partial charge on any atom is -0.387 e. The Kier molecular flexibility index (Phi) is 5.57. The molecule has 0 bridgehead atoms. The summed E-state index contributed by atoms with van der Waals surface area (Å²) in [4.78, 5) is 12.7. The van der Waals surface area contributed by atoms with Crippen LogP contribution in [0.5, 0.6) is 0 Å². The summed E-state index contributed by atoms with van der Waals surface area (Å²) in [5.74, 6) is -0.00889. The third-order valence-electron chi connectivity index (χ3n) is 6.53. The molecule has 2 aromatic carbocycles. The smallest absolute Gasteiger partial charge is 0.249 e. The largest absolute Gasteiger partial charge is 0.387 e. The van der Waals surface area contributed by atoms with E-state index >= 15 is 0 Å². The molecule has 0 spiro atoms. The summed E-state index contributed by atoms with van der Waals surface area (Å²) in [5, 5.41) is 21.6. The predicted molar refractivity (Wildman–Crippen MR) is 120 cm³/mol. The number of benzene rings is 2. The van der Waals surface area contributed by atoms with E-state index in [9.17, 15) is 9.90 Å². The Morgan fingerprint density at radius 3 is 2.71 bits per heavy atom. The second-order valence-electron chi connectivity index (χ2n) is 8.61. The minimum absolute atomic E-state index is 0.00889. The molecule has 3 N–H and O–H groups in total. The number of amides is 1. The average Bonchev–Trinajstić information content (AvgIpc) is 3.52. The molecule has 0 aliphatic carbocycles. The van der Waals surface area contributed by atoms with Gasteiger partial charge in [-0.3, -0.25) is 9.48 Å². The van der Waals surface area contributed by atoms with Crippen molar-refractivity contribution in [2.75, 3.05) is 5.32 Å². The fraction of sp³-hybridized carbons (Fsp3) is 0.360. The lowest BCUT2D eigenvalue weighted by atomic mass is 10.0. The molecule has 5 rings (SSSR count). The average molecular weight is 417 g/mol. The molecule has 160 valence electrons. The third-order valence-corrected chi connectivity index (χ3v) is 6.53. The summed E-state index contributed by atoms with van der Waals surface area (Å²) in [6, 6.07) is 20.1. The van der Waals surface area contributed by atoms with E-state index in [1.165, 1.54) is 5.56 Å². The Hall–Kier alpha value is -2.96. The van der Waals surface area contributed by atoms with Crippen LogP contribution in [0.25, 0.3) is 0 Å². The number of hydrogen-bond donors (Lipinski definition) is 3. The van der Waals surface area contributed by atoms with Crippen molar-refractivity contribution in [3.8, 4) is 0 Å². The zero-order valence-electron chi connectivity index (χ0n) is 17.4. The maximum atomic E-state index is 12.7. The fourth-order valence-electron chi connectivity index (χ4n) is 4.85. The number of anilines is 1. The van der Waals surface area contributed by atoms with Gasteiger partial charge in [0.2, 0.25) is 5.91 Å². The van der Waals surface area contributed by atoms with Gasteiger partial charge in [-0.2, -0.15) is 5.10 Å². The first kappa shape index (κ1) is 20.0. The lowest BCUT2D eigenvalue weighted by molar-refractivity contribution is -0.119. The second kappa shape index (κ2) is 8.65. The van der Waals surface area contributed by atoms with Crippen LogP contribution in [0.1, 0.15) is 48.2 Å². The molecule has 0 radical (unpaired) electrons. The van der Waals surface area contributed by atoms with Crippen LogP contribution in [0.3, 0.4) is 0 Å². The van der Waals surface area contributed by atoms with Crippen molar-refractivity contribution in [1.82, 2.24) is 15.1 Å². The number of aliphatic hydroxyl groups excluding tert-OH is 1. The standard InChI is InChI=1S/C25H28N4O2/c30-24(18-4-2-1-3-5-18)22-12-10-20(27-22)16-17-6-8-19(9-7-17)28-25(31)23-13-11-21-14-15-26-29(21)23/h1-9,14-15,20,22-24,27,30H,10-13,16H2,(H,28,31)/t20-,22+,23?,24+/m0/s1. The highest BCUT2D eigenvalue weighted by Gasteiger charge is 2.30. The van der Waals surface area contributed by atoms with Gasteiger partial charge in [0.05, 0.1) is 6.10 Å². The van der Waals surface area contributed by atoms with Gasteiger partial charge in [0.1, 0.15) is 6.04 Å². The van der Waals surface area contributed by atoms with Crippen LogP contribution in [0.15, 0.2) is 66.9 Å². The quantitative estimate of drug-likeness (QED) is 0.575. The number of carbonyl (C=O) groups excluding carboxylic acids is 1. The number of aromatic nitrogens is 2. The van der Waals surface area contributed by atoms with E-state index in [4.69, 9.17) is 0 Å². The Labute approximate surface area is 182 Å². The minimum atomic E-state index is -0.477. The Morgan fingerprint density at radius 1 is 1.10 bits per heavy atom. The van der Waals surface area contributed by atoms with Gasteiger partial charge in [-0.1, -0.05) is 42.5 Å². The number of nitrogens with zero attached hydrogens (tertiary/aromatic N) is 2. The highest BCUT2D eigenvalue weighted by molar-refractivity contribution is 5.94. The van der Waals surface area contributed by atoms with E-state index in [2.05, 4.69) is 27.9 Å². The molecular formula is C25H28N4O2. The summed E-state index contributed by atoms with van der Waals surface area (Å²) < 4.78 is 1.83. The molecule has 3 aromatic rings. The summed E-state index contributed by atoms with van der Waals surface area (Å²) in [7, 11) is 0. The van der Waals surface area contributed by atoms with Gasteiger partial charge in [0, 0.05) is 29.7 Å². The zero-order valence-corrected chi connectivity index (χ0v) is 17.4. The lowest BCUT2D eigenvalue weighted by Gasteiger charge is -2.20. The highest BCUT2D eigenvalue weighted by Crippen LogP contribution is 2.28. The number of fused-ring (bicyclic) bond motifs is 1. The van der Waals surface area contributed by atoms with E-state index < -0.39 is 6.10 Å². The van der Waals surface area contributed by atoms with E-state index in [1.807, 2.05) is 53.2 Å². The van der Waals surface area contributed by atoms with Gasteiger partial charge in [-0.05, 0) is 61.4 Å². The molecule has 1 fully saturated rings. The number of aliphatic hydroxyl groups is 1. The maximum Gasteiger partial charge on any atom is 0.249 e. The highest BCUT2D eigenvalue weighted by atomic mass is 16.3. The monoisotopic (exact) mass is 416 g/mol. The van der Waals surface area contributed by atoms with Crippen LogP contribution in [-0.4, -0.2) is 32.9 Å². The molecule has 4 atom stereocenters. The van der Waals surface area contributed by atoms with Gasteiger partial charge in [-0.15, -0.1) is 0 Å². The van der Waals surface area contributed by atoms with Crippen LogP contribution in [-0.2, 0) is 17.6 Å². The van der Waals surface area contributed by atoms with Crippen LogP contribution in [0, 0.1) is 0 Å². The summed E-state index contributed by atoms with van der Waals surface area (Å²) in [5.41, 5.74) is 4.12. The van der Waals surface area contributed by atoms with Crippen molar-refractivity contribution in [3.05, 3.63) is 83.7 Å². The summed E-state index contributed by atoms with van der Waals surface area (Å²) in [6.07, 6.45) is 5.89. The first-order valence-corrected chi connectivity index (χ1v) is 11.1. The van der Waals surface area contributed by atoms with Gasteiger partial charge < -0.3 is 15.7 Å². The molecule has 6 nitrogen and oxygen atoms in total. The van der Waals surface area contributed by atoms with Gasteiger partial charge >= 0.3 is 0 Å². The Balaban J connectivity index is 1.15. The molecule has 1 aromatic heterocycles. The maximum absolute atomic E-state index is 12.7. The number of aryl methyl sites for hydroxylation is 1. The normalized spacial score (nSPS) is 23.5. The Morgan fingerprint density at radius 2 is 1.90 bits per heavy atom.